The molecule has 2 aromatic rings. The molecule has 2 N–H and O–H groups in total. The lowest BCUT2D eigenvalue weighted by Gasteiger charge is -2.25. The Balaban J connectivity index is 2.27. The molecule has 6 heteroatoms. The topological polar surface area (TPSA) is 99.4 Å². The molecule has 0 heterocycles. The number of rotatable bonds is 6. The van der Waals surface area contributed by atoms with Gasteiger partial charge in [0.25, 0.3) is 0 Å². The van der Waals surface area contributed by atoms with E-state index in [0.717, 1.165) is 0 Å². The fraction of sp³-hybridized carbons (Fsp3) is 0.211. The molecule has 0 saturated carbocycles. The third-order valence-corrected chi connectivity index (χ3v) is 4.00. The summed E-state index contributed by atoms with van der Waals surface area (Å²) in [6.45, 7) is 1.51. The minimum atomic E-state index is -1.37. The van der Waals surface area contributed by atoms with Crippen LogP contribution < -0.4 is 10.1 Å². The predicted octanol–water partition coefficient (Wildman–Crippen LogP) is 2.94. The van der Waals surface area contributed by atoms with Gasteiger partial charge in [0.2, 0.25) is 5.91 Å². The third kappa shape index (κ3) is 3.96. The summed E-state index contributed by atoms with van der Waals surface area (Å²) >= 11 is 0. The van der Waals surface area contributed by atoms with Crippen molar-refractivity contribution in [1.29, 1.82) is 5.26 Å². The molecule has 25 heavy (non-hydrogen) atoms. The van der Waals surface area contributed by atoms with Gasteiger partial charge in [-0.05, 0) is 30.7 Å². The zero-order valence-electron chi connectivity index (χ0n) is 13.9. The zero-order valence-corrected chi connectivity index (χ0v) is 13.9. The van der Waals surface area contributed by atoms with Crippen molar-refractivity contribution in [2.24, 2.45) is 0 Å². The van der Waals surface area contributed by atoms with Gasteiger partial charge in [-0.2, -0.15) is 5.26 Å². The first kappa shape index (κ1) is 18.0. The molecule has 128 valence electrons. The monoisotopic (exact) mass is 338 g/mol. The maximum Gasteiger partial charge on any atom is 0.314 e. The number of carboxylic acid groups (broad SMARTS) is 1. The standard InChI is InChI=1S/C19H18N2O4/c1-19(18(23)24,14-6-4-3-5-7-14)11-17(22)21-15-10-13(12-20)8-9-16(15)25-2/h3-10H,11H2,1-2H3,(H,21,22)(H,23,24)/t19-/m1/s1. The molecule has 2 aromatic carbocycles. The second kappa shape index (κ2) is 7.49. The summed E-state index contributed by atoms with van der Waals surface area (Å²) in [4.78, 5) is 24.2. The maximum atomic E-state index is 12.5. The normalized spacial score (nSPS) is 12.5. The number of aliphatic carboxylic acids is 1. The number of hydrogen-bond donors (Lipinski definition) is 2. The van der Waals surface area contributed by atoms with Crippen molar-refractivity contribution in [3.8, 4) is 11.8 Å². The van der Waals surface area contributed by atoms with E-state index < -0.39 is 17.3 Å². The lowest BCUT2D eigenvalue weighted by atomic mass is 9.79. The van der Waals surface area contributed by atoms with Gasteiger partial charge >= 0.3 is 5.97 Å². The number of carbonyl (C=O) groups excluding carboxylic acids is 1. The average molecular weight is 338 g/mol. The van der Waals surface area contributed by atoms with E-state index in [0.29, 0.717) is 22.6 Å². The van der Waals surface area contributed by atoms with Crippen LogP contribution in [0.4, 0.5) is 5.69 Å². The number of nitrogens with zero attached hydrogens (tertiary/aromatic N) is 1. The number of hydrogen-bond acceptors (Lipinski definition) is 4. The van der Waals surface area contributed by atoms with E-state index in [1.165, 1.54) is 20.1 Å². The van der Waals surface area contributed by atoms with Crippen molar-refractivity contribution >= 4 is 17.6 Å². The quantitative estimate of drug-likeness (QED) is 0.843. The highest BCUT2D eigenvalue weighted by Crippen LogP contribution is 2.30. The Kier molecular flexibility index (Phi) is 5.40. The average Bonchev–Trinajstić information content (AvgIpc) is 2.62. The van der Waals surface area contributed by atoms with Crippen LogP contribution in [0.2, 0.25) is 0 Å². The number of nitrogens with one attached hydrogen (secondary N) is 1. The summed E-state index contributed by atoms with van der Waals surface area (Å²) in [5.41, 5.74) is -0.145. The second-order valence-electron chi connectivity index (χ2n) is 5.76. The second-order valence-corrected chi connectivity index (χ2v) is 5.76. The van der Waals surface area contributed by atoms with Gasteiger partial charge in [0, 0.05) is 6.42 Å². The highest BCUT2D eigenvalue weighted by atomic mass is 16.5. The number of benzene rings is 2. The molecule has 0 aromatic heterocycles. The molecule has 2 rings (SSSR count). The van der Waals surface area contributed by atoms with Gasteiger partial charge < -0.3 is 15.2 Å². The Morgan fingerprint density at radius 1 is 1.24 bits per heavy atom. The van der Waals surface area contributed by atoms with Crippen LogP contribution in [0.25, 0.3) is 0 Å². The Labute approximate surface area is 145 Å². The molecule has 0 aliphatic heterocycles. The number of anilines is 1. The molecular formula is C19H18N2O4. The van der Waals surface area contributed by atoms with Crippen molar-refractivity contribution in [3.63, 3.8) is 0 Å². The molecule has 0 radical (unpaired) electrons. The van der Waals surface area contributed by atoms with Gasteiger partial charge in [-0.15, -0.1) is 0 Å². The van der Waals surface area contributed by atoms with E-state index in [2.05, 4.69) is 5.32 Å². The van der Waals surface area contributed by atoms with Crippen LogP contribution in [0.1, 0.15) is 24.5 Å². The summed E-state index contributed by atoms with van der Waals surface area (Å²) in [5.74, 6) is -1.18. The van der Waals surface area contributed by atoms with Gasteiger partial charge in [-0.25, -0.2) is 0 Å². The van der Waals surface area contributed by atoms with Gasteiger partial charge in [0.1, 0.15) is 5.75 Å². The van der Waals surface area contributed by atoms with Crippen LogP contribution >= 0.6 is 0 Å². The van der Waals surface area contributed by atoms with E-state index in [9.17, 15) is 14.7 Å². The number of carboxylic acids is 1. The molecule has 6 nitrogen and oxygen atoms in total. The minimum absolute atomic E-state index is 0.258. The highest BCUT2D eigenvalue weighted by molar-refractivity contribution is 5.97. The molecule has 0 fully saturated rings. The fourth-order valence-electron chi connectivity index (χ4n) is 2.50. The number of nitriles is 1. The van der Waals surface area contributed by atoms with E-state index in [1.54, 1.807) is 42.5 Å². The van der Waals surface area contributed by atoms with Gasteiger partial charge in [-0.1, -0.05) is 30.3 Å². The van der Waals surface area contributed by atoms with Crippen molar-refractivity contribution in [3.05, 3.63) is 59.7 Å². The van der Waals surface area contributed by atoms with Crippen LogP contribution in [0.3, 0.4) is 0 Å². The molecule has 1 atom stereocenters. The number of methoxy groups -OCH3 is 1. The van der Waals surface area contributed by atoms with Crippen molar-refractivity contribution in [1.82, 2.24) is 0 Å². The van der Waals surface area contributed by atoms with Crippen LogP contribution in [-0.4, -0.2) is 24.1 Å². The Hall–Kier alpha value is -3.33. The van der Waals surface area contributed by atoms with E-state index in [-0.39, 0.29) is 6.42 Å². The largest absolute Gasteiger partial charge is 0.495 e. The number of ether oxygens (including phenoxy) is 1. The Morgan fingerprint density at radius 2 is 1.92 bits per heavy atom. The minimum Gasteiger partial charge on any atom is -0.495 e. The molecular weight excluding hydrogens is 320 g/mol. The summed E-state index contributed by atoms with van der Waals surface area (Å²) in [6.07, 6.45) is -0.258. The first-order valence-corrected chi connectivity index (χ1v) is 7.57. The Morgan fingerprint density at radius 3 is 2.48 bits per heavy atom. The molecule has 0 bridgehead atoms. The van der Waals surface area contributed by atoms with Gasteiger partial charge in [0.05, 0.1) is 29.8 Å². The lowest BCUT2D eigenvalue weighted by molar-refractivity contribution is -0.145. The number of carbonyl (C=O) groups is 2. The zero-order chi connectivity index (χ0) is 18.4. The van der Waals surface area contributed by atoms with Gasteiger partial charge in [-0.3, -0.25) is 9.59 Å². The smallest absolute Gasteiger partial charge is 0.314 e. The molecule has 0 aliphatic rings. The SMILES string of the molecule is COc1ccc(C#N)cc1NC(=O)C[C@@](C)(C(=O)O)c1ccccc1. The van der Waals surface area contributed by atoms with E-state index >= 15 is 0 Å². The van der Waals surface area contributed by atoms with E-state index in [1.807, 2.05) is 6.07 Å². The Bertz CT molecular complexity index is 827. The van der Waals surface area contributed by atoms with Crippen LogP contribution in [0, 0.1) is 11.3 Å². The first-order valence-electron chi connectivity index (χ1n) is 7.57. The third-order valence-electron chi connectivity index (χ3n) is 4.00. The summed E-state index contributed by atoms with van der Waals surface area (Å²) < 4.78 is 5.17. The molecule has 1 amide bonds. The van der Waals surface area contributed by atoms with Gasteiger partial charge in [0.15, 0.2) is 0 Å². The van der Waals surface area contributed by atoms with Crippen molar-refractivity contribution in [2.75, 3.05) is 12.4 Å². The summed E-state index contributed by atoms with van der Waals surface area (Å²) in [6, 6.07) is 15.2. The lowest BCUT2D eigenvalue weighted by Crippen LogP contribution is -2.36. The molecule has 0 saturated heterocycles. The van der Waals surface area contributed by atoms with Crippen molar-refractivity contribution in [2.45, 2.75) is 18.8 Å². The first-order chi connectivity index (χ1) is 11.9. The molecule has 0 aliphatic carbocycles. The van der Waals surface area contributed by atoms with E-state index in [4.69, 9.17) is 10.00 Å². The van der Waals surface area contributed by atoms with Crippen LogP contribution in [0.5, 0.6) is 5.75 Å². The molecule has 0 unspecified atom stereocenters. The summed E-state index contributed by atoms with van der Waals surface area (Å²) in [5, 5.41) is 21.3. The predicted molar refractivity (Wildman–Crippen MR) is 92.4 cm³/mol. The maximum absolute atomic E-state index is 12.5. The number of amides is 1. The van der Waals surface area contributed by atoms with Crippen LogP contribution in [-0.2, 0) is 15.0 Å². The highest BCUT2D eigenvalue weighted by Gasteiger charge is 2.37. The fourth-order valence-corrected chi connectivity index (χ4v) is 2.50. The van der Waals surface area contributed by atoms with Crippen LogP contribution in [0.15, 0.2) is 48.5 Å². The van der Waals surface area contributed by atoms with Crippen molar-refractivity contribution < 1.29 is 19.4 Å². The molecule has 0 spiro atoms. The summed E-state index contributed by atoms with van der Waals surface area (Å²) in [7, 11) is 1.45.